The number of carbonyl (C=O) groups excluding carboxylic acids is 1. The molecule has 4 heterocycles. The SMILES string of the molecule is COc1ccc(C(OC[C@H]2O[C@@H](n3cnc4c(NC(=O)c5ccccc5)ncnc43)C(OC(=S)N3CCS(=O)(=O)CC3)C2OP(OCCC#N)N(C(C)C)C(C)C)(c2ccccc2)c2ccc(OC)cc2)cc1. The Morgan fingerprint density at radius 1 is 0.863 bits per heavy atom. The third-order valence-electron chi connectivity index (χ3n) is 12.5. The summed E-state index contributed by atoms with van der Waals surface area (Å²) in [5.74, 6) is 0.867. The summed E-state index contributed by atoms with van der Waals surface area (Å²) in [6.07, 6.45) is -1.26. The molecule has 1 amide bonds. The summed E-state index contributed by atoms with van der Waals surface area (Å²) in [5.41, 5.74) is 2.06. The molecule has 21 heteroatoms. The van der Waals surface area contributed by atoms with Crippen LogP contribution >= 0.6 is 20.7 Å². The first kappa shape index (κ1) is 53.2. The fourth-order valence-corrected chi connectivity index (χ4v) is 12.2. The Hall–Kier alpha value is -6.14. The van der Waals surface area contributed by atoms with Crippen molar-refractivity contribution in [1.82, 2.24) is 29.1 Å². The van der Waals surface area contributed by atoms with Crippen LogP contribution in [0.5, 0.6) is 11.5 Å². The van der Waals surface area contributed by atoms with Crippen molar-refractivity contribution >= 4 is 58.6 Å². The molecular weight excluding hydrogens is 992 g/mol. The number of hydrogen-bond donors (Lipinski definition) is 1. The highest BCUT2D eigenvalue weighted by Gasteiger charge is 2.53. The molecule has 4 aromatic carbocycles. The van der Waals surface area contributed by atoms with E-state index in [4.69, 9.17) is 49.9 Å². The molecule has 18 nitrogen and oxygen atoms in total. The Labute approximate surface area is 432 Å². The van der Waals surface area contributed by atoms with Gasteiger partial charge in [0.25, 0.3) is 19.6 Å². The van der Waals surface area contributed by atoms with Gasteiger partial charge in [0, 0.05) is 30.7 Å². The Morgan fingerprint density at radius 3 is 2.03 bits per heavy atom. The van der Waals surface area contributed by atoms with Gasteiger partial charge < -0.3 is 42.9 Å². The fourth-order valence-electron chi connectivity index (χ4n) is 8.98. The number of amides is 1. The normalized spacial score (nSPS) is 19.2. The molecule has 0 bridgehead atoms. The van der Waals surface area contributed by atoms with Crippen LogP contribution in [0.15, 0.2) is 122 Å². The molecule has 2 aromatic heterocycles. The number of thiocarbonyl (C=S) groups is 1. The maximum Gasteiger partial charge on any atom is 0.259 e. The van der Waals surface area contributed by atoms with Gasteiger partial charge in [-0.05, 0) is 93.0 Å². The Bertz CT molecular complexity index is 2900. The van der Waals surface area contributed by atoms with Gasteiger partial charge >= 0.3 is 0 Å². The summed E-state index contributed by atoms with van der Waals surface area (Å²) in [5, 5.41) is 12.6. The number of anilines is 1. The van der Waals surface area contributed by atoms with E-state index < -0.39 is 54.4 Å². The quantitative estimate of drug-likeness (QED) is 0.0333. The number of methoxy groups -OCH3 is 2. The second-order valence-electron chi connectivity index (χ2n) is 17.9. The van der Waals surface area contributed by atoms with E-state index in [1.54, 1.807) is 48.0 Å². The number of carbonyl (C=O) groups is 1. The number of nitrogens with zero attached hydrogens (tertiary/aromatic N) is 7. The van der Waals surface area contributed by atoms with Crippen LogP contribution in [0.3, 0.4) is 0 Å². The van der Waals surface area contributed by atoms with Crippen molar-refractivity contribution in [2.24, 2.45) is 0 Å². The highest BCUT2D eigenvalue weighted by atomic mass is 32.2. The second-order valence-corrected chi connectivity index (χ2v) is 21.9. The lowest BCUT2D eigenvalue weighted by Gasteiger charge is -2.39. The van der Waals surface area contributed by atoms with E-state index in [-0.39, 0.29) is 72.8 Å². The van der Waals surface area contributed by atoms with Gasteiger partial charge in [-0.2, -0.15) is 5.26 Å². The minimum Gasteiger partial charge on any atom is -0.497 e. The molecule has 0 aliphatic carbocycles. The summed E-state index contributed by atoms with van der Waals surface area (Å²) >= 11 is 6.04. The Kier molecular flexibility index (Phi) is 17.3. The molecule has 2 aliphatic heterocycles. The molecule has 0 spiro atoms. The van der Waals surface area contributed by atoms with Crippen molar-refractivity contribution < 1.29 is 45.9 Å². The molecule has 0 radical (unpaired) electrons. The molecule has 2 fully saturated rings. The van der Waals surface area contributed by atoms with Crippen molar-refractivity contribution in [3.8, 4) is 17.6 Å². The molecule has 2 aliphatic rings. The average molecular weight is 1050 g/mol. The summed E-state index contributed by atoms with van der Waals surface area (Å²) in [4.78, 5) is 29.0. The fraction of sp³-hybridized carbons (Fsp3) is 0.385. The van der Waals surface area contributed by atoms with E-state index in [0.29, 0.717) is 22.7 Å². The topological polar surface area (TPSA) is 202 Å². The first-order valence-corrected chi connectivity index (χ1v) is 27.2. The number of rotatable bonds is 20. The number of ether oxygens (including phenoxy) is 5. The van der Waals surface area contributed by atoms with Crippen LogP contribution in [0, 0.1) is 11.3 Å². The lowest BCUT2D eigenvalue weighted by atomic mass is 9.80. The minimum atomic E-state index is -3.28. The van der Waals surface area contributed by atoms with E-state index >= 15 is 0 Å². The van der Waals surface area contributed by atoms with Crippen molar-refractivity contribution in [2.75, 3.05) is 57.3 Å². The van der Waals surface area contributed by atoms with Gasteiger partial charge in [0.1, 0.15) is 35.6 Å². The lowest BCUT2D eigenvalue weighted by Crippen LogP contribution is -2.48. The number of nitriles is 1. The maximum absolute atomic E-state index is 13.5. The van der Waals surface area contributed by atoms with Crippen LogP contribution in [0.4, 0.5) is 5.82 Å². The van der Waals surface area contributed by atoms with Crippen LogP contribution < -0.4 is 14.8 Å². The van der Waals surface area contributed by atoms with Crippen molar-refractivity contribution in [2.45, 2.75) is 76.3 Å². The number of nitrogens with one attached hydrogen (secondary N) is 1. The van der Waals surface area contributed by atoms with Crippen molar-refractivity contribution in [3.63, 3.8) is 0 Å². The van der Waals surface area contributed by atoms with E-state index in [1.807, 2.05) is 113 Å². The van der Waals surface area contributed by atoms with Crippen LogP contribution in [0.1, 0.15) is 67.4 Å². The molecule has 1 N–H and O–H groups in total. The number of hydrogen-bond acceptors (Lipinski definition) is 16. The molecule has 73 heavy (non-hydrogen) atoms. The molecule has 0 saturated carbocycles. The minimum absolute atomic E-state index is 0.0351. The van der Waals surface area contributed by atoms with Crippen molar-refractivity contribution in [1.29, 1.82) is 5.26 Å². The van der Waals surface area contributed by atoms with Gasteiger partial charge in [0.15, 0.2) is 39.2 Å². The van der Waals surface area contributed by atoms with E-state index in [2.05, 4.69) is 26.0 Å². The molecule has 384 valence electrons. The number of sulfone groups is 1. The smallest absolute Gasteiger partial charge is 0.259 e. The number of aromatic nitrogens is 4. The maximum atomic E-state index is 13.5. The number of fused-ring (bicyclic) bond motifs is 1. The summed E-state index contributed by atoms with van der Waals surface area (Å²) < 4.78 is 75.7. The summed E-state index contributed by atoms with van der Waals surface area (Å²) in [6.45, 7) is 8.34. The van der Waals surface area contributed by atoms with E-state index in [9.17, 15) is 18.5 Å². The van der Waals surface area contributed by atoms with Gasteiger partial charge in [-0.3, -0.25) is 9.36 Å². The monoisotopic (exact) mass is 1050 g/mol. The molecule has 2 saturated heterocycles. The second kappa shape index (κ2) is 23.8. The van der Waals surface area contributed by atoms with Crippen LogP contribution in [-0.2, 0) is 38.7 Å². The zero-order chi connectivity index (χ0) is 51.7. The largest absolute Gasteiger partial charge is 0.497 e. The number of imidazole rings is 1. The first-order chi connectivity index (χ1) is 35.3. The van der Waals surface area contributed by atoms with Crippen LogP contribution in [0.25, 0.3) is 11.2 Å². The van der Waals surface area contributed by atoms with Gasteiger partial charge in [0.2, 0.25) is 0 Å². The Morgan fingerprint density at radius 2 is 1.45 bits per heavy atom. The highest BCUT2D eigenvalue weighted by Crippen LogP contribution is 2.52. The molecule has 3 unspecified atom stereocenters. The number of benzene rings is 4. The van der Waals surface area contributed by atoms with Crippen molar-refractivity contribution in [3.05, 3.63) is 144 Å². The van der Waals surface area contributed by atoms with Crippen LogP contribution in [-0.4, -0.2) is 131 Å². The van der Waals surface area contributed by atoms with E-state index in [0.717, 1.165) is 16.7 Å². The van der Waals surface area contributed by atoms with Gasteiger partial charge in [0.05, 0.1) is 57.8 Å². The summed E-state index contributed by atoms with van der Waals surface area (Å²) in [7, 11) is -2.02. The van der Waals surface area contributed by atoms with Gasteiger partial charge in [-0.25, -0.2) is 28.0 Å². The molecular formula is C52H59N8O10PS2. The molecule has 8 rings (SSSR count). The molecule has 6 aromatic rings. The predicted molar refractivity (Wildman–Crippen MR) is 280 cm³/mol. The zero-order valence-electron chi connectivity index (χ0n) is 41.4. The third-order valence-corrected chi connectivity index (χ3v) is 16.6. The third kappa shape index (κ3) is 12.0. The van der Waals surface area contributed by atoms with Gasteiger partial charge in [-0.1, -0.05) is 72.8 Å². The first-order valence-electron chi connectivity index (χ1n) is 23.9. The Balaban J connectivity index is 1.28. The predicted octanol–water partition coefficient (Wildman–Crippen LogP) is 8.06. The van der Waals surface area contributed by atoms with Gasteiger partial charge in [-0.15, -0.1) is 0 Å². The zero-order valence-corrected chi connectivity index (χ0v) is 44.0. The standard InChI is InChI=1S/C52H59N8O10PS2/c1-35(2)60(36(3)4)71(67-29-13-26-53)70-45-43(32-66-52(38-16-11-8-12-17-38,39-18-22-41(64-5)23-19-39)40-20-24-42(65-6)25-21-40)68-50(46(45)69-51(72)58-27-30-73(62,63)31-28-58)59-34-56-44-47(54-33-55-48(44)59)57-49(61)37-14-9-7-10-15-37/h7-12,14-25,33-36,43,45-46,50H,13,27-32H2,1-6H3,(H,54,55,57,61)/t43-,45?,46?,50-,71?/m1/s1. The van der Waals surface area contributed by atoms with Crippen LogP contribution in [0.2, 0.25) is 0 Å². The summed E-state index contributed by atoms with van der Waals surface area (Å²) in [6, 6.07) is 36.0. The molecule has 5 atom stereocenters. The highest BCUT2D eigenvalue weighted by molar-refractivity contribution is 7.91. The average Bonchev–Trinajstić information content (AvgIpc) is 3.98. The van der Waals surface area contributed by atoms with E-state index in [1.165, 1.54) is 12.7 Å². The lowest BCUT2D eigenvalue weighted by molar-refractivity contribution is -0.0927.